The number of halogens is 3. The molecule has 0 saturated heterocycles. The number of rotatable bonds is 4. The molecule has 2 aromatic rings. The summed E-state index contributed by atoms with van der Waals surface area (Å²) in [6, 6.07) is 6.57. The molecule has 1 heterocycles. The van der Waals surface area contributed by atoms with E-state index in [0.29, 0.717) is 11.6 Å². The average molecular weight is 378 g/mol. The van der Waals surface area contributed by atoms with Crippen LogP contribution < -0.4 is 10.6 Å². The number of para-hydroxylation sites is 1. The van der Waals surface area contributed by atoms with Gasteiger partial charge in [0.25, 0.3) is 5.91 Å². The SMILES string of the molecule is Cc1cc(C(=O)Nc2ccccc2C(F)(F)F)nc(NC2CCCCC2)n1. The van der Waals surface area contributed by atoms with Gasteiger partial charge >= 0.3 is 6.18 Å². The second-order valence-electron chi connectivity index (χ2n) is 6.69. The Morgan fingerprint density at radius 2 is 1.81 bits per heavy atom. The van der Waals surface area contributed by atoms with Crippen LogP contribution in [0.2, 0.25) is 0 Å². The van der Waals surface area contributed by atoms with Crippen LogP contribution in [0.15, 0.2) is 30.3 Å². The number of carbonyl (C=O) groups is 1. The van der Waals surface area contributed by atoms with E-state index in [1.54, 1.807) is 6.92 Å². The standard InChI is InChI=1S/C19H21F3N4O/c1-12-11-16(26-18(23-12)24-13-7-3-2-4-8-13)17(27)25-15-10-6-5-9-14(15)19(20,21)22/h5-6,9-11,13H,2-4,7-8H2,1H3,(H,25,27)(H,23,24,26). The van der Waals surface area contributed by atoms with E-state index in [-0.39, 0.29) is 17.4 Å². The van der Waals surface area contributed by atoms with E-state index in [1.165, 1.54) is 30.7 Å². The molecule has 1 amide bonds. The van der Waals surface area contributed by atoms with Crippen molar-refractivity contribution in [2.45, 2.75) is 51.2 Å². The number of hydrogen-bond donors (Lipinski definition) is 2. The van der Waals surface area contributed by atoms with Gasteiger partial charge in [-0.3, -0.25) is 4.79 Å². The Bertz CT molecular complexity index is 817. The van der Waals surface area contributed by atoms with Gasteiger partial charge in [-0.15, -0.1) is 0 Å². The zero-order valence-corrected chi connectivity index (χ0v) is 14.9. The van der Waals surface area contributed by atoms with Crippen molar-refractivity contribution >= 4 is 17.5 Å². The van der Waals surface area contributed by atoms with Crippen LogP contribution in [-0.4, -0.2) is 21.9 Å². The Kier molecular flexibility index (Phi) is 5.62. The molecular weight excluding hydrogens is 357 g/mol. The fraction of sp³-hybridized carbons (Fsp3) is 0.421. The molecule has 1 fully saturated rings. The predicted octanol–water partition coefficient (Wildman–Crippen LogP) is 4.80. The quantitative estimate of drug-likeness (QED) is 0.802. The molecule has 0 unspecified atom stereocenters. The van der Waals surface area contributed by atoms with Gasteiger partial charge in [-0.2, -0.15) is 13.2 Å². The van der Waals surface area contributed by atoms with Crippen LogP contribution in [0.5, 0.6) is 0 Å². The molecule has 8 heteroatoms. The van der Waals surface area contributed by atoms with Crippen molar-refractivity contribution in [3.63, 3.8) is 0 Å². The van der Waals surface area contributed by atoms with Crippen LogP contribution in [0.3, 0.4) is 0 Å². The Morgan fingerprint density at radius 3 is 2.52 bits per heavy atom. The highest BCUT2D eigenvalue weighted by Gasteiger charge is 2.33. The lowest BCUT2D eigenvalue weighted by atomic mass is 9.96. The van der Waals surface area contributed by atoms with Gasteiger partial charge in [0.15, 0.2) is 0 Å². The minimum atomic E-state index is -4.56. The van der Waals surface area contributed by atoms with Crippen molar-refractivity contribution in [2.24, 2.45) is 0 Å². The lowest BCUT2D eigenvalue weighted by Gasteiger charge is -2.23. The Hall–Kier alpha value is -2.64. The van der Waals surface area contributed by atoms with Crippen LogP contribution >= 0.6 is 0 Å². The molecule has 0 radical (unpaired) electrons. The van der Waals surface area contributed by atoms with Gasteiger partial charge in [-0.25, -0.2) is 9.97 Å². The summed E-state index contributed by atoms with van der Waals surface area (Å²) in [4.78, 5) is 21.0. The third kappa shape index (κ3) is 4.96. The smallest absolute Gasteiger partial charge is 0.351 e. The number of amides is 1. The van der Waals surface area contributed by atoms with E-state index in [1.807, 2.05) is 0 Å². The van der Waals surface area contributed by atoms with Gasteiger partial charge in [0.05, 0.1) is 11.3 Å². The second kappa shape index (κ2) is 7.94. The first-order chi connectivity index (χ1) is 12.8. The molecule has 1 aliphatic carbocycles. The molecule has 2 N–H and O–H groups in total. The molecule has 0 spiro atoms. The highest BCUT2D eigenvalue weighted by Crippen LogP contribution is 2.34. The van der Waals surface area contributed by atoms with Gasteiger partial charge in [0.1, 0.15) is 5.69 Å². The maximum Gasteiger partial charge on any atom is 0.418 e. The largest absolute Gasteiger partial charge is 0.418 e. The van der Waals surface area contributed by atoms with Crippen molar-refractivity contribution < 1.29 is 18.0 Å². The molecule has 0 aliphatic heterocycles. The normalized spacial score (nSPS) is 15.4. The summed E-state index contributed by atoms with van der Waals surface area (Å²) in [6.07, 6.45) is 0.934. The second-order valence-corrected chi connectivity index (χ2v) is 6.69. The van der Waals surface area contributed by atoms with Crippen molar-refractivity contribution in [3.8, 4) is 0 Å². The van der Waals surface area contributed by atoms with Gasteiger partial charge in [-0.05, 0) is 38.0 Å². The highest BCUT2D eigenvalue weighted by atomic mass is 19.4. The van der Waals surface area contributed by atoms with Crippen LogP contribution in [0.25, 0.3) is 0 Å². The average Bonchev–Trinajstić information content (AvgIpc) is 2.61. The van der Waals surface area contributed by atoms with Crippen molar-refractivity contribution in [2.75, 3.05) is 10.6 Å². The zero-order valence-electron chi connectivity index (χ0n) is 14.9. The topological polar surface area (TPSA) is 66.9 Å². The van der Waals surface area contributed by atoms with Crippen LogP contribution in [0.4, 0.5) is 24.8 Å². The molecule has 0 atom stereocenters. The number of aryl methyl sites for hydroxylation is 1. The minimum absolute atomic E-state index is 0.0257. The lowest BCUT2D eigenvalue weighted by molar-refractivity contribution is -0.136. The number of alkyl halides is 3. The number of nitrogens with one attached hydrogen (secondary N) is 2. The van der Waals surface area contributed by atoms with E-state index in [0.717, 1.165) is 31.7 Å². The van der Waals surface area contributed by atoms with Crippen LogP contribution in [0.1, 0.15) is 53.8 Å². The minimum Gasteiger partial charge on any atom is -0.351 e. The zero-order chi connectivity index (χ0) is 19.4. The summed E-state index contributed by atoms with van der Waals surface area (Å²) >= 11 is 0. The van der Waals surface area contributed by atoms with E-state index in [9.17, 15) is 18.0 Å². The number of aromatic nitrogens is 2. The van der Waals surface area contributed by atoms with Crippen molar-refractivity contribution in [1.82, 2.24) is 9.97 Å². The number of anilines is 2. The van der Waals surface area contributed by atoms with Crippen molar-refractivity contribution in [1.29, 1.82) is 0 Å². The van der Waals surface area contributed by atoms with Gasteiger partial charge in [0.2, 0.25) is 5.95 Å². The Morgan fingerprint density at radius 1 is 1.11 bits per heavy atom. The molecule has 5 nitrogen and oxygen atoms in total. The number of carbonyl (C=O) groups excluding carboxylic acids is 1. The highest BCUT2D eigenvalue weighted by molar-refractivity contribution is 6.03. The molecule has 1 saturated carbocycles. The molecule has 27 heavy (non-hydrogen) atoms. The monoisotopic (exact) mass is 378 g/mol. The molecule has 0 bridgehead atoms. The summed E-state index contributed by atoms with van der Waals surface area (Å²) in [6.45, 7) is 1.72. The first kappa shape index (κ1) is 19.1. The summed E-state index contributed by atoms with van der Waals surface area (Å²) < 4.78 is 39.3. The number of hydrogen-bond acceptors (Lipinski definition) is 4. The van der Waals surface area contributed by atoms with E-state index in [2.05, 4.69) is 20.6 Å². The maximum absolute atomic E-state index is 13.1. The van der Waals surface area contributed by atoms with E-state index >= 15 is 0 Å². The maximum atomic E-state index is 13.1. The summed E-state index contributed by atoms with van der Waals surface area (Å²) in [7, 11) is 0. The van der Waals surface area contributed by atoms with E-state index in [4.69, 9.17) is 0 Å². The predicted molar refractivity (Wildman–Crippen MR) is 96.7 cm³/mol. The lowest BCUT2D eigenvalue weighted by Crippen LogP contribution is -2.25. The summed E-state index contributed by atoms with van der Waals surface area (Å²) in [5.74, 6) is -0.375. The molecule has 1 aromatic heterocycles. The molecule has 144 valence electrons. The van der Waals surface area contributed by atoms with Gasteiger partial charge in [-0.1, -0.05) is 31.4 Å². The molecular formula is C19H21F3N4O. The van der Waals surface area contributed by atoms with Crippen LogP contribution in [0, 0.1) is 6.92 Å². The number of benzene rings is 1. The first-order valence-electron chi connectivity index (χ1n) is 8.93. The fourth-order valence-corrected chi connectivity index (χ4v) is 3.20. The summed E-state index contributed by atoms with van der Waals surface area (Å²) in [5, 5.41) is 5.55. The van der Waals surface area contributed by atoms with Crippen molar-refractivity contribution in [3.05, 3.63) is 47.3 Å². The van der Waals surface area contributed by atoms with Gasteiger partial charge < -0.3 is 10.6 Å². The first-order valence-corrected chi connectivity index (χ1v) is 8.93. The van der Waals surface area contributed by atoms with Gasteiger partial charge in [0, 0.05) is 11.7 Å². The summed E-state index contributed by atoms with van der Waals surface area (Å²) in [5.41, 5.74) is -0.604. The third-order valence-electron chi connectivity index (χ3n) is 4.51. The van der Waals surface area contributed by atoms with E-state index < -0.39 is 17.6 Å². The Labute approximate surface area is 155 Å². The Balaban J connectivity index is 1.79. The molecule has 3 rings (SSSR count). The fourth-order valence-electron chi connectivity index (χ4n) is 3.20. The molecule has 1 aliphatic rings. The van der Waals surface area contributed by atoms with Crippen LogP contribution in [-0.2, 0) is 6.18 Å². The number of nitrogens with zero attached hydrogens (tertiary/aromatic N) is 2. The molecule has 1 aromatic carbocycles. The third-order valence-corrected chi connectivity index (χ3v) is 4.51.